The number of ether oxygens (including phenoxy) is 2. The molecule has 0 amide bonds. The maximum atomic E-state index is 15.8. The SMILES string of the molecule is CCCCC(F)(F)C(CC[C@H]1[C@H](OCc2ccccc2)CC(=O)[C@@H]1CCCCCCC(=O)OCc1ccccc1)O[Si](CC)(CC)CC. The number of hydrogen-bond donors (Lipinski definition) is 0. The highest BCUT2D eigenvalue weighted by atomic mass is 28.4. The lowest BCUT2D eigenvalue weighted by Gasteiger charge is -2.38. The number of carbonyl (C=O) groups is 2. The first-order valence-electron chi connectivity index (χ1n) is 18.6. The Kier molecular flexibility index (Phi) is 17.5. The largest absolute Gasteiger partial charge is 0.461 e. The van der Waals surface area contributed by atoms with E-state index in [1.165, 1.54) is 0 Å². The van der Waals surface area contributed by atoms with Gasteiger partial charge in [0.05, 0.1) is 12.7 Å². The maximum absolute atomic E-state index is 15.8. The van der Waals surface area contributed by atoms with E-state index in [0.29, 0.717) is 45.1 Å². The van der Waals surface area contributed by atoms with Crippen molar-refractivity contribution in [3.63, 3.8) is 0 Å². The molecule has 0 aliphatic heterocycles. The zero-order valence-corrected chi connectivity index (χ0v) is 30.9. The molecule has 0 radical (unpaired) electrons. The molecule has 0 saturated heterocycles. The van der Waals surface area contributed by atoms with Crippen molar-refractivity contribution in [1.82, 2.24) is 0 Å². The minimum absolute atomic E-state index is 0.122. The molecular formula is C40H60F2O5Si. The molecule has 1 aliphatic carbocycles. The van der Waals surface area contributed by atoms with E-state index >= 15 is 8.78 Å². The standard InChI is InChI=1S/C40H60F2O5Si/c1-5-9-28-40(41,42)38(47-48(6-2,7-3)8-4)27-26-35-34(36(43)29-37(35)45-30-32-20-14-12-15-21-32)24-18-10-11-19-25-39(44)46-31-33-22-16-13-17-23-33/h12-17,20-23,34-35,37-38H,5-11,18-19,24-31H2,1-4H3/t34-,35-,37-,38?/m1/s1. The fourth-order valence-corrected chi connectivity index (χ4v) is 9.99. The second kappa shape index (κ2) is 20.9. The molecule has 0 bridgehead atoms. The Morgan fingerprint density at radius 2 is 1.44 bits per heavy atom. The lowest BCUT2D eigenvalue weighted by Crippen LogP contribution is -2.47. The van der Waals surface area contributed by atoms with Crippen LogP contribution in [0, 0.1) is 11.8 Å². The van der Waals surface area contributed by atoms with Gasteiger partial charge in [-0.05, 0) is 67.3 Å². The Balaban J connectivity index is 1.62. The summed E-state index contributed by atoms with van der Waals surface area (Å²) in [6.45, 7) is 8.85. The Labute approximate surface area is 289 Å². The predicted octanol–water partition coefficient (Wildman–Crippen LogP) is 10.9. The van der Waals surface area contributed by atoms with Crippen LogP contribution in [0.3, 0.4) is 0 Å². The van der Waals surface area contributed by atoms with Gasteiger partial charge in [0.15, 0.2) is 8.32 Å². The van der Waals surface area contributed by atoms with E-state index in [1.54, 1.807) is 0 Å². The van der Waals surface area contributed by atoms with Crippen molar-refractivity contribution in [3.05, 3.63) is 71.8 Å². The second-order valence-electron chi connectivity index (χ2n) is 13.7. The third kappa shape index (κ3) is 12.8. The van der Waals surface area contributed by atoms with E-state index in [1.807, 2.05) is 67.6 Å². The Morgan fingerprint density at radius 1 is 0.833 bits per heavy atom. The highest BCUT2D eigenvalue weighted by molar-refractivity contribution is 6.73. The fourth-order valence-electron chi connectivity index (χ4n) is 7.09. The van der Waals surface area contributed by atoms with Gasteiger partial charge in [0.25, 0.3) is 5.92 Å². The summed E-state index contributed by atoms with van der Waals surface area (Å²) in [6.07, 6.45) is 5.06. The lowest BCUT2D eigenvalue weighted by molar-refractivity contribution is -0.145. The van der Waals surface area contributed by atoms with Crippen LogP contribution in [0.15, 0.2) is 60.7 Å². The van der Waals surface area contributed by atoms with Gasteiger partial charge in [0, 0.05) is 25.2 Å². The number of alkyl halides is 2. The Hall–Kier alpha value is -2.42. The summed E-state index contributed by atoms with van der Waals surface area (Å²) < 4.78 is 49.9. The van der Waals surface area contributed by atoms with Crippen molar-refractivity contribution < 1.29 is 32.3 Å². The van der Waals surface area contributed by atoms with Gasteiger partial charge < -0.3 is 13.9 Å². The van der Waals surface area contributed by atoms with E-state index in [2.05, 4.69) is 20.8 Å². The van der Waals surface area contributed by atoms with Gasteiger partial charge in [-0.1, -0.05) is 114 Å². The molecule has 0 aromatic heterocycles. The van der Waals surface area contributed by atoms with E-state index in [-0.39, 0.29) is 49.1 Å². The van der Waals surface area contributed by atoms with E-state index in [0.717, 1.165) is 54.9 Å². The number of esters is 1. The summed E-state index contributed by atoms with van der Waals surface area (Å²) in [7, 11) is -2.29. The van der Waals surface area contributed by atoms with Gasteiger partial charge >= 0.3 is 5.97 Å². The fraction of sp³-hybridized carbons (Fsp3) is 0.650. The molecule has 2 aromatic carbocycles. The van der Waals surface area contributed by atoms with Gasteiger partial charge in [-0.2, -0.15) is 0 Å². The Bertz CT molecular complexity index is 1180. The number of ketones is 1. The van der Waals surface area contributed by atoms with E-state index in [4.69, 9.17) is 13.9 Å². The number of unbranched alkanes of at least 4 members (excludes halogenated alkanes) is 4. The monoisotopic (exact) mass is 686 g/mol. The molecule has 268 valence electrons. The molecular weight excluding hydrogens is 627 g/mol. The molecule has 1 saturated carbocycles. The third-order valence-electron chi connectivity index (χ3n) is 10.4. The van der Waals surface area contributed by atoms with Gasteiger partial charge in [0.1, 0.15) is 18.5 Å². The summed E-state index contributed by atoms with van der Waals surface area (Å²) in [4.78, 5) is 25.6. The molecule has 48 heavy (non-hydrogen) atoms. The molecule has 0 spiro atoms. The molecule has 3 rings (SSSR count). The molecule has 1 aliphatic rings. The lowest BCUT2D eigenvalue weighted by atomic mass is 9.84. The number of Topliss-reactive ketones (excluding diaryl/α,β-unsaturated/α-hetero) is 1. The number of carbonyl (C=O) groups excluding carboxylic acids is 2. The second-order valence-corrected chi connectivity index (χ2v) is 18.4. The first-order valence-corrected chi connectivity index (χ1v) is 21.1. The average Bonchev–Trinajstić information content (AvgIpc) is 3.41. The minimum Gasteiger partial charge on any atom is -0.461 e. The summed E-state index contributed by atoms with van der Waals surface area (Å²) >= 11 is 0. The highest BCUT2D eigenvalue weighted by Crippen LogP contribution is 2.42. The van der Waals surface area contributed by atoms with Crippen molar-refractivity contribution in [1.29, 1.82) is 0 Å². The van der Waals surface area contributed by atoms with Crippen LogP contribution in [-0.4, -0.2) is 38.2 Å². The molecule has 8 heteroatoms. The van der Waals surface area contributed by atoms with E-state index < -0.39 is 20.3 Å². The van der Waals surface area contributed by atoms with Crippen molar-refractivity contribution in [2.24, 2.45) is 11.8 Å². The zero-order valence-electron chi connectivity index (χ0n) is 29.9. The van der Waals surface area contributed by atoms with Crippen LogP contribution in [0.4, 0.5) is 8.78 Å². The zero-order chi connectivity index (χ0) is 34.8. The van der Waals surface area contributed by atoms with Crippen molar-refractivity contribution in [3.8, 4) is 0 Å². The predicted molar refractivity (Wildman–Crippen MR) is 191 cm³/mol. The number of halogens is 2. The van der Waals surface area contributed by atoms with E-state index in [9.17, 15) is 9.59 Å². The van der Waals surface area contributed by atoms with Gasteiger partial charge in [-0.25, -0.2) is 8.78 Å². The van der Waals surface area contributed by atoms with Crippen LogP contribution < -0.4 is 0 Å². The van der Waals surface area contributed by atoms with Crippen LogP contribution in [0.5, 0.6) is 0 Å². The quantitative estimate of drug-likeness (QED) is 0.0625. The molecule has 4 atom stereocenters. The molecule has 5 nitrogen and oxygen atoms in total. The smallest absolute Gasteiger partial charge is 0.306 e. The van der Waals surface area contributed by atoms with Crippen molar-refractivity contribution in [2.45, 2.75) is 154 Å². The van der Waals surface area contributed by atoms with Crippen LogP contribution in [-0.2, 0) is 36.7 Å². The minimum atomic E-state index is -2.91. The Morgan fingerprint density at radius 3 is 2.04 bits per heavy atom. The third-order valence-corrected chi connectivity index (χ3v) is 15.1. The molecule has 2 aromatic rings. The van der Waals surface area contributed by atoms with Crippen LogP contribution in [0.2, 0.25) is 18.1 Å². The highest BCUT2D eigenvalue weighted by Gasteiger charge is 2.47. The normalized spacial score (nSPS) is 19.0. The summed E-state index contributed by atoms with van der Waals surface area (Å²) in [5.41, 5.74) is 2.00. The molecule has 0 N–H and O–H groups in total. The van der Waals surface area contributed by atoms with Gasteiger partial charge in [-0.15, -0.1) is 0 Å². The summed E-state index contributed by atoms with van der Waals surface area (Å²) in [5, 5.41) is 0. The first kappa shape index (κ1) is 40.0. The van der Waals surface area contributed by atoms with Gasteiger partial charge in [0.2, 0.25) is 0 Å². The summed E-state index contributed by atoms with van der Waals surface area (Å²) in [5.74, 6) is -3.26. The first-order chi connectivity index (χ1) is 23.2. The molecule has 0 heterocycles. The maximum Gasteiger partial charge on any atom is 0.306 e. The van der Waals surface area contributed by atoms with Crippen LogP contribution >= 0.6 is 0 Å². The van der Waals surface area contributed by atoms with Crippen molar-refractivity contribution in [2.75, 3.05) is 0 Å². The van der Waals surface area contributed by atoms with Crippen LogP contribution in [0.1, 0.15) is 116 Å². The summed E-state index contributed by atoms with van der Waals surface area (Å²) in [6, 6.07) is 22.0. The molecule has 1 fully saturated rings. The van der Waals surface area contributed by atoms with Crippen molar-refractivity contribution >= 4 is 20.1 Å². The topological polar surface area (TPSA) is 61.8 Å². The number of benzene rings is 2. The van der Waals surface area contributed by atoms with Gasteiger partial charge in [-0.3, -0.25) is 9.59 Å². The van der Waals surface area contributed by atoms with Crippen LogP contribution in [0.25, 0.3) is 0 Å². The number of hydrogen-bond acceptors (Lipinski definition) is 5. The molecule has 1 unspecified atom stereocenters. The number of rotatable bonds is 24. The average molecular weight is 687 g/mol.